The molecule has 0 bridgehead atoms. The highest BCUT2D eigenvalue weighted by Gasteiger charge is 2.19. The highest BCUT2D eigenvalue weighted by molar-refractivity contribution is 7.90. The maximum Gasteiger partial charge on any atom is 0.175 e. The van der Waals surface area contributed by atoms with Crippen molar-refractivity contribution >= 4 is 9.84 Å². The molecule has 0 aliphatic rings. The number of rotatable bonds is 6. The molecule has 5 heteroatoms. The Morgan fingerprint density at radius 1 is 1.37 bits per heavy atom. The quantitative estimate of drug-likeness (QED) is 0.870. The summed E-state index contributed by atoms with van der Waals surface area (Å²) < 4.78 is 28.4. The number of hydrogen-bond donors (Lipinski definition) is 1. The van der Waals surface area contributed by atoms with Crippen LogP contribution in [0, 0.1) is 0 Å². The Kier molecular flexibility index (Phi) is 5.12. The van der Waals surface area contributed by atoms with Gasteiger partial charge in [-0.2, -0.15) is 0 Å². The van der Waals surface area contributed by atoms with E-state index in [1.807, 2.05) is 19.9 Å². The van der Waals surface area contributed by atoms with Crippen LogP contribution >= 0.6 is 0 Å². The van der Waals surface area contributed by atoms with Crippen molar-refractivity contribution in [2.45, 2.75) is 43.2 Å². The van der Waals surface area contributed by atoms with E-state index in [0.29, 0.717) is 4.90 Å². The number of methoxy groups -OCH3 is 1. The fourth-order valence-electron chi connectivity index (χ4n) is 1.75. The smallest absolute Gasteiger partial charge is 0.175 e. The molecule has 0 radical (unpaired) electrons. The van der Waals surface area contributed by atoms with Gasteiger partial charge in [0, 0.05) is 19.4 Å². The van der Waals surface area contributed by atoms with Crippen LogP contribution in [0.5, 0.6) is 0 Å². The SMILES string of the molecule is COC(C)(C)CCC(N)c1cccc(S(C)(=O)=O)c1. The van der Waals surface area contributed by atoms with Gasteiger partial charge in [0.1, 0.15) is 0 Å². The fraction of sp³-hybridized carbons (Fsp3) is 0.571. The minimum Gasteiger partial charge on any atom is -0.379 e. The summed E-state index contributed by atoms with van der Waals surface area (Å²) in [4.78, 5) is 0.312. The topological polar surface area (TPSA) is 69.4 Å². The number of sulfone groups is 1. The first-order valence-corrected chi connectivity index (χ1v) is 8.15. The van der Waals surface area contributed by atoms with Crippen molar-refractivity contribution < 1.29 is 13.2 Å². The van der Waals surface area contributed by atoms with Crippen LogP contribution in [0.25, 0.3) is 0 Å². The lowest BCUT2D eigenvalue weighted by Crippen LogP contribution is -2.24. The minimum absolute atomic E-state index is 0.184. The summed E-state index contributed by atoms with van der Waals surface area (Å²) in [5.41, 5.74) is 6.74. The second-order valence-electron chi connectivity index (χ2n) is 5.45. The third kappa shape index (κ3) is 4.93. The van der Waals surface area contributed by atoms with Gasteiger partial charge in [-0.25, -0.2) is 8.42 Å². The summed E-state index contributed by atoms with van der Waals surface area (Å²) in [7, 11) is -1.51. The van der Waals surface area contributed by atoms with Crippen LogP contribution in [0.15, 0.2) is 29.2 Å². The van der Waals surface area contributed by atoms with Gasteiger partial charge in [0.2, 0.25) is 0 Å². The Labute approximate surface area is 115 Å². The standard InChI is InChI=1S/C14H23NO3S/c1-14(2,18-3)9-8-13(15)11-6-5-7-12(10-11)19(4,16)17/h5-7,10,13H,8-9,15H2,1-4H3. The molecule has 0 amide bonds. The maximum atomic E-state index is 11.5. The molecule has 1 aromatic carbocycles. The van der Waals surface area contributed by atoms with Crippen molar-refractivity contribution in [3.05, 3.63) is 29.8 Å². The van der Waals surface area contributed by atoms with E-state index < -0.39 is 9.84 Å². The van der Waals surface area contributed by atoms with E-state index in [2.05, 4.69) is 0 Å². The highest BCUT2D eigenvalue weighted by atomic mass is 32.2. The van der Waals surface area contributed by atoms with Crippen LogP contribution in [-0.4, -0.2) is 27.4 Å². The summed E-state index contributed by atoms with van der Waals surface area (Å²) in [5, 5.41) is 0. The van der Waals surface area contributed by atoms with E-state index in [-0.39, 0.29) is 11.6 Å². The van der Waals surface area contributed by atoms with E-state index in [1.165, 1.54) is 6.26 Å². The molecule has 0 saturated carbocycles. The van der Waals surface area contributed by atoms with Crippen molar-refractivity contribution in [3.8, 4) is 0 Å². The average molecular weight is 285 g/mol. The predicted molar refractivity (Wildman–Crippen MR) is 76.8 cm³/mol. The Morgan fingerprint density at radius 3 is 2.53 bits per heavy atom. The zero-order chi connectivity index (χ0) is 14.7. The summed E-state index contributed by atoms with van der Waals surface area (Å²) in [6.07, 6.45) is 2.76. The summed E-state index contributed by atoms with van der Waals surface area (Å²) in [6.45, 7) is 4.01. The van der Waals surface area contributed by atoms with Gasteiger partial charge >= 0.3 is 0 Å². The Balaban J connectivity index is 2.81. The zero-order valence-electron chi connectivity index (χ0n) is 12.0. The monoisotopic (exact) mass is 285 g/mol. The van der Waals surface area contributed by atoms with Gasteiger partial charge in [0.25, 0.3) is 0 Å². The molecule has 0 aliphatic heterocycles. The number of hydrogen-bond acceptors (Lipinski definition) is 4. The van der Waals surface area contributed by atoms with Crippen molar-refractivity contribution in [3.63, 3.8) is 0 Å². The molecule has 1 aromatic rings. The molecule has 2 N–H and O–H groups in total. The predicted octanol–water partition coefficient (Wildman–Crippen LogP) is 2.30. The first-order valence-electron chi connectivity index (χ1n) is 6.26. The largest absolute Gasteiger partial charge is 0.379 e. The Morgan fingerprint density at radius 2 is 2.00 bits per heavy atom. The molecule has 0 saturated heterocycles. The number of nitrogens with two attached hydrogens (primary N) is 1. The van der Waals surface area contributed by atoms with E-state index in [4.69, 9.17) is 10.5 Å². The highest BCUT2D eigenvalue weighted by Crippen LogP contribution is 2.24. The van der Waals surface area contributed by atoms with Gasteiger partial charge < -0.3 is 10.5 Å². The molecule has 0 aliphatic carbocycles. The third-order valence-electron chi connectivity index (χ3n) is 3.32. The third-order valence-corrected chi connectivity index (χ3v) is 4.43. The molecule has 108 valence electrons. The van der Waals surface area contributed by atoms with E-state index in [1.54, 1.807) is 25.3 Å². The summed E-state index contributed by atoms with van der Waals surface area (Å²) >= 11 is 0. The molecular weight excluding hydrogens is 262 g/mol. The molecule has 0 spiro atoms. The lowest BCUT2D eigenvalue weighted by atomic mass is 9.95. The van der Waals surface area contributed by atoms with Gasteiger partial charge in [-0.05, 0) is 44.4 Å². The maximum absolute atomic E-state index is 11.5. The van der Waals surface area contributed by atoms with Crippen LogP contribution in [0.3, 0.4) is 0 Å². The van der Waals surface area contributed by atoms with Crippen LogP contribution in [-0.2, 0) is 14.6 Å². The van der Waals surface area contributed by atoms with E-state index in [0.717, 1.165) is 18.4 Å². The second-order valence-corrected chi connectivity index (χ2v) is 7.47. The molecule has 1 atom stereocenters. The number of ether oxygens (including phenoxy) is 1. The average Bonchev–Trinajstić information content (AvgIpc) is 2.35. The van der Waals surface area contributed by atoms with Crippen molar-refractivity contribution in [1.29, 1.82) is 0 Å². The van der Waals surface area contributed by atoms with Gasteiger partial charge in [0.15, 0.2) is 9.84 Å². The van der Waals surface area contributed by atoms with Crippen molar-refractivity contribution in [1.82, 2.24) is 0 Å². The first-order chi connectivity index (χ1) is 8.65. The summed E-state index contributed by atoms with van der Waals surface area (Å²) in [5.74, 6) is 0. The number of benzene rings is 1. The molecule has 4 nitrogen and oxygen atoms in total. The van der Waals surface area contributed by atoms with Crippen LogP contribution in [0.2, 0.25) is 0 Å². The Hall–Kier alpha value is -0.910. The van der Waals surface area contributed by atoms with Crippen molar-refractivity contribution in [2.24, 2.45) is 5.73 Å². The van der Waals surface area contributed by atoms with Crippen LogP contribution < -0.4 is 5.73 Å². The molecule has 0 fully saturated rings. The lowest BCUT2D eigenvalue weighted by molar-refractivity contribution is 0.0125. The fourth-order valence-corrected chi connectivity index (χ4v) is 2.42. The first kappa shape index (κ1) is 16.1. The van der Waals surface area contributed by atoms with Gasteiger partial charge in [-0.1, -0.05) is 12.1 Å². The van der Waals surface area contributed by atoms with Crippen LogP contribution in [0.4, 0.5) is 0 Å². The van der Waals surface area contributed by atoms with Gasteiger partial charge in [-0.15, -0.1) is 0 Å². The molecule has 0 aromatic heterocycles. The van der Waals surface area contributed by atoms with Gasteiger partial charge in [0.05, 0.1) is 10.5 Å². The van der Waals surface area contributed by atoms with E-state index in [9.17, 15) is 8.42 Å². The zero-order valence-corrected chi connectivity index (χ0v) is 12.8. The second kappa shape index (κ2) is 6.03. The minimum atomic E-state index is -3.19. The molecule has 1 unspecified atom stereocenters. The van der Waals surface area contributed by atoms with Crippen molar-refractivity contribution in [2.75, 3.05) is 13.4 Å². The van der Waals surface area contributed by atoms with Gasteiger partial charge in [-0.3, -0.25) is 0 Å². The Bertz CT molecular complexity index is 523. The van der Waals surface area contributed by atoms with Crippen LogP contribution in [0.1, 0.15) is 38.3 Å². The molecule has 19 heavy (non-hydrogen) atoms. The molecule has 1 rings (SSSR count). The van der Waals surface area contributed by atoms with E-state index >= 15 is 0 Å². The lowest BCUT2D eigenvalue weighted by Gasteiger charge is -2.24. The normalized spacial score (nSPS) is 14.4. The molecule has 0 heterocycles. The molecular formula is C14H23NO3S. The summed E-state index contributed by atoms with van der Waals surface area (Å²) in [6, 6.07) is 6.65.